The summed E-state index contributed by atoms with van der Waals surface area (Å²) in [6, 6.07) is 17.1. The molecule has 1 heterocycles. The van der Waals surface area contributed by atoms with Gasteiger partial charge in [-0.05, 0) is 69.0 Å². The van der Waals surface area contributed by atoms with E-state index < -0.39 is 12.1 Å². The molecule has 0 saturated heterocycles. The lowest BCUT2D eigenvalue weighted by Crippen LogP contribution is -2.30. The van der Waals surface area contributed by atoms with Crippen LogP contribution in [0.25, 0.3) is 5.69 Å². The van der Waals surface area contributed by atoms with Crippen LogP contribution in [0.1, 0.15) is 53.0 Å². The third-order valence-corrected chi connectivity index (χ3v) is 5.24. The number of amides is 1. The monoisotopic (exact) mass is 403 g/mol. The lowest BCUT2D eigenvalue weighted by molar-refractivity contribution is -0.123. The quantitative estimate of drug-likeness (QED) is 0.613. The predicted molar refractivity (Wildman–Crippen MR) is 115 cm³/mol. The molecule has 0 aliphatic heterocycles. The first-order chi connectivity index (χ1) is 14.4. The van der Waals surface area contributed by atoms with E-state index in [0.29, 0.717) is 17.3 Å². The number of nitrogens with one attached hydrogen (secondary N) is 1. The van der Waals surface area contributed by atoms with Crippen molar-refractivity contribution in [2.75, 3.05) is 5.32 Å². The van der Waals surface area contributed by atoms with Crippen LogP contribution in [-0.4, -0.2) is 27.8 Å². The van der Waals surface area contributed by atoms with Gasteiger partial charge in [-0.3, -0.25) is 4.79 Å². The van der Waals surface area contributed by atoms with Crippen LogP contribution in [0.2, 0.25) is 0 Å². The Hall–Kier alpha value is -3.41. The van der Waals surface area contributed by atoms with Gasteiger partial charge in [0.25, 0.3) is 5.91 Å². The van der Waals surface area contributed by atoms with Crippen LogP contribution in [0.15, 0.2) is 54.6 Å². The Balaban J connectivity index is 1.52. The van der Waals surface area contributed by atoms with Crippen molar-refractivity contribution in [2.45, 2.75) is 45.6 Å². The van der Waals surface area contributed by atoms with Crippen molar-refractivity contribution in [2.24, 2.45) is 0 Å². The topological polar surface area (TPSA) is 73.2 Å². The van der Waals surface area contributed by atoms with Crippen LogP contribution in [0, 0.1) is 13.8 Å². The largest absolute Gasteiger partial charge is 0.448 e. The molecule has 1 aliphatic rings. The highest BCUT2D eigenvalue weighted by atomic mass is 16.5. The summed E-state index contributed by atoms with van der Waals surface area (Å²) < 4.78 is 7.11. The van der Waals surface area contributed by atoms with E-state index in [0.717, 1.165) is 35.3 Å². The number of carbonyl (C=O) groups excluding carboxylic acids is 2. The Kier molecular flexibility index (Phi) is 5.40. The van der Waals surface area contributed by atoms with E-state index in [9.17, 15) is 9.59 Å². The number of hydrogen-bond acceptors (Lipinski definition) is 4. The second-order valence-electron chi connectivity index (χ2n) is 7.83. The van der Waals surface area contributed by atoms with E-state index in [1.165, 1.54) is 0 Å². The van der Waals surface area contributed by atoms with Gasteiger partial charge in [-0.15, -0.1) is 0 Å². The number of aryl methyl sites for hydroxylation is 2. The fourth-order valence-corrected chi connectivity index (χ4v) is 3.27. The van der Waals surface area contributed by atoms with E-state index in [4.69, 9.17) is 4.74 Å². The van der Waals surface area contributed by atoms with Gasteiger partial charge in [0, 0.05) is 11.6 Å². The second-order valence-corrected chi connectivity index (χ2v) is 7.83. The zero-order valence-electron chi connectivity index (χ0n) is 17.4. The molecule has 0 radical (unpaired) electrons. The third-order valence-electron chi connectivity index (χ3n) is 5.24. The van der Waals surface area contributed by atoms with E-state index in [-0.39, 0.29) is 5.91 Å². The molecule has 1 saturated carbocycles. The first kappa shape index (κ1) is 19.9. The van der Waals surface area contributed by atoms with Crippen LogP contribution in [0.3, 0.4) is 0 Å². The predicted octanol–water partition coefficient (Wildman–Crippen LogP) is 4.55. The molecular formula is C24H25N3O3. The molecule has 4 rings (SSSR count). The third kappa shape index (κ3) is 4.27. The molecule has 2 aromatic carbocycles. The molecule has 1 amide bonds. The van der Waals surface area contributed by atoms with E-state index in [1.54, 1.807) is 17.7 Å². The molecule has 6 nitrogen and oxygen atoms in total. The van der Waals surface area contributed by atoms with Crippen LogP contribution in [0.4, 0.5) is 5.69 Å². The van der Waals surface area contributed by atoms with Crippen molar-refractivity contribution in [3.8, 4) is 5.69 Å². The highest BCUT2D eigenvalue weighted by molar-refractivity contribution is 5.97. The minimum absolute atomic E-state index is 0.328. The zero-order chi connectivity index (χ0) is 21.3. The summed E-state index contributed by atoms with van der Waals surface area (Å²) in [4.78, 5) is 25.5. The Labute approximate surface area is 175 Å². The summed E-state index contributed by atoms with van der Waals surface area (Å²) >= 11 is 0. The van der Waals surface area contributed by atoms with E-state index in [1.807, 2.05) is 62.4 Å². The Bertz CT molecular complexity index is 1080. The van der Waals surface area contributed by atoms with Crippen molar-refractivity contribution in [3.05, 3.63) is 77.1 Å². The number of hydrogen-bond donors (Lipinski definition) is 1. The van der Waals surface area contributed by atoms with Gasteiger partial charge in [-0.2, -0.15) is 5.10 Å². The average molecular weight is 403 g/mol. The molecule has 3 aromatic rings. The Morgan fingerprint density at radius 1 is 1.10 bits per heavy atom. The fraction of sp³-hybridized carbons (Fsp3) is 0.292. The van der Waals surface area contributed by atoms with Crippen LogP contribution >= 0.6 is 0 Å². The van der Waals surface area contributed by atoms with Gasteiger partial charge in [0.2, 0.25) is 0 Å². The normalized spacial score (nSPS) is 14.2. The number of carbonyl (C=O) groups is 2. The molecule has 1 aromatic heterocycles. The number of anilines is 1. The molecule has 154 valence electrons. The highest BCUT2D eigenvalue weighted by Crippen LogP contribution is 2.39. The second kappa shape index (κ2) is 8.14. The van der Waals surface area contributed by atoms with Gasteiger partial charge < -0.3 is 10.1 Å². The number of rotatable bonds is 6. The molecule has 0 bridgehead atoms. The Morgan fingerprint density at radius 2 is 1.83 bits per heavy atom. The minimum atomic E-state index is -0.944. The molecule has 1 fully saturated rings. The standard InChI is InChI=1S/C24H25N3O3/c1-15-9-10-16(2)20(13-15)25-23(28)17(3)30-24(29)22-14-21(18-11-12-18)26-27(22)19-7-5-4-6-8-19/h4-10,13-14,17-18H,11-12H2,1-3H3,(H,25,28)/t17-/m0/s1. The van der Waals surface area contributed by atoms with Crippen molar-refractivity contribution in [1.82, 2.24) is 9.78 Å². The van der Waals surface area contributed by atoms with Crippen LogP contribution < -0.4 is 5.32 Å². The molecule has 30 heavy (non-hydrogen) atoms. The lowest BCUT2D eigenvalue weighted by Gasteiger charge is -2.15. The number of ether oxygens (including phenoxy) is 1. The maximum atomic E-state index is 12.9. The average Bonchev–Trinajstić information content (AvgIpc) is 3.49. The number of benzene rings is 2. The van der Waals surface area contributed by atoms with Crippen molar-refractivity contribution in [1.29, 1.82) is 0 Å². The minimum Gasteiger partial charge on any atom is -0.448 e. The smallest absolute Gasteiger partial charge is 0.357 e. The van der Waals surface area contributed by atoms with Crippen molar-refractivity contribution >= 4 is 17.6 Å². The van der Waals surface area contributed by atoms with Crippen LogP contribution in [-0.2, 0) is 9.53 Å². The van der Waals surface area contributed by atoms with Crippen LogP contribution in [0.5, 0.6) is 0 Å². The molecule has 0 spiro atoms. The van der Waals surface area contributed by atoms with E-state index >= 15 is 0 Å². The summed E-state index contributed by atoms with van der Waals surface area (Å²) in [5, 5.41) is 7.47. The number of esters is 1. The summed E-state index contributed by atoms with van der Waals surface area (Å²) in [6.45, 7) is 5.45. The van der Waals surface area contributed by atoms with E-state index in [2.05, 4.69) is 10.4 Å². The molecule has 1 N–H and O–H groups in total. The summed E-state index contributed by atoms with van der Waals surface area (Å²) in [7, 11) is 0. The van der Waals surface area contributed by atoms with Gasteiger partial charge in [0.1, 0.15) is 0 Å². The van der Waals surface area contributed by atoms with Gasteiger partial charge >= 0.3 is 5.97 Å². The molecule has 1 aliphatic carbocycles. The number of para-hydroxylation sites is 1. The number of nitrogens with zero attached hydrogens (tertiary/aromatic N) is 2. The van der Waals surface area contributed by atoms with Gasteiger partial charge in [-0.25, -0.2) is 9.48 Å². The lowest BCUT2D eigenvalue weighted by atomic mass is 10.1. The fourth-order valence-electron chi connectivity index (χ4n) is 3.27. The van der Waals surface area contributed by atoms with Crippen molar-refractivity contribution < 1.29 is 14.3 Å². The van der Waals surface area contributed by atoms with Gasteiger partial charge in [0.15, 0.2) is 11.8 Å². The molecule has 0 unspecified atom stereocenters. The zero-order valence-corrected chi connectivity index (χ0v) is 17.4. The first-order valence-electron chi connectivity index (χ1n) is 10.2. The maximum Gasteiger partial charge on any atom is 0.357 e. The highest BCUT2D eigenvalue weighted by Gasteiger charge is 2.30. The molecule has 6 heteroatoms. The SMILES string of the molecule is Cc1ccc(C)c(NC(=O)[C@H](C)OC(=O)c2cc(C3CC3)nn2-c2ccccc2)c1. The first-order valence-corrected chi connectivity index (χ1v) is 10.2. The summed E-state index contributed by atoms with van der Waals surface area (Å²) in [6.07, 6.45) is 1.21. The summed E-state index contributed by atoms with van der Waals surface area (Å²) in [5.74, 6) is -0.543. The van der Waals surface area contributed by atoms with Gasteiger partial charge in [-0.1, -0.05) is 30.3 Å². The number of aromatic nitrogens is 2. The summed E-state index contributed by atoms with van der Waals surface area (Å²) in [5.41, 5.74) is 4.70. The molecular weight excluding hydrogens is 378 g/mol. The van der Waals surface area contributed by atoms with Gasteiger partial charge in [0.05, 0.1) is 11.4 Å². The Morgan fingerprint density at radius 3 is 2.53 bits per heavy atom. The maximum absolute atomic E-state index is 12.9. The van der Waals surface area contributed by atoms with Crippen molar-refractivity contribution in [3.63, 3.8) is 0 Å². The molecule has 1 atom stereocenters.